The van der Waals surface area contributed by atoms with Crippen LogP contribution in [0.5, 0.6) is 0 Å². The van der Waals surface area contributed by atoms with Crippen molar-refractivity contribution in [1.82, 2.24) is 9.88 Å². The number of aromatic amines is 1. The first-order chi connectivity index (χ1) is 11.5. The summed E-state index contributed by atoms with van der Waals surface area (Å²) in [6.07, 6.45) is 0. The molecule has 2 atom stereocenters. The molecule has 1 aromatic heterocycles. The van der Waals surface area contributed by atoms with E-state index >= 15 is 0 Å². The van der Waals surface area contributed by atoms with E-state index in [-0.39, 0.29) is 41.3 Å². The smallest absolute Gasteiger partial charge is 0.261 e. The van der Waals surface area contributed by atoms with Gasteiger partial charge in [0.2, 0.25) is 0 Å². The maximum Gasteiger partial charge on any atom is 0.261 e. The summed E-state index contributed by atoms with van der Waals surface area (Å²) in [6.45, 7) is 5.32. The molecule has 2 aromatic rings. The summed E-state index contributed by atoms with van der Waals surface area (Å²) >= 11 is 0. The largest absolute Gasteiger partial charge is 0.337 e. The molecule has 0 unspecified atom stereocenters. The van der Waals surface area contributed by atoms with Gasteiger partial charge in [-0.05, 0) is 43.5 Å². The first-order valence-electron chi connectivity index (χ1n) is 8.26. The second kappa shape index (κ2) is 7.85. The van der Waals surface area contributed by atoms with Crippen LogP contribution < -0.4 is 11.3 Å². The standard InChI is InChI=1S/C19H23N3O2.ClH/c1-12-8-13(2)21-18(23)17(12)19(24)22-10-15(9-20)16(11-22)14-6-4-3-5-7-14;/h3-8,15-16H,9-11,20H2,1-2H3,(H,21,23);1H/t15-,16+;/m1./s1. The Labute approximate surface area is 153 Å². The minimum atomic E-state index is -0.315. The summed E-state index contributed by atoms with van der Waals surface area (Å²) in [5.41, 5.74) is 8.53. The molecule has 0 bridgehead atoms. The lowest BCUT2D eigenvalue weighted by atomic mass is 9.89. The number of likely N-dealkylation sites (tertiary alicyclic amines) is 1. The molecule has 5 nitrogen and oxygen atoms in total. The van der Waals surface area contributed by atoms with E-state index in [0.717, 1.165) is 5.69 Å². The predicted molar refractivity (Wildman–Crippen MR) is 101 cm³/mol. The van der Waals surface area contributed by atoms with E-state index in [1.54, 1.807) is 11.8 Å². The third kappa shape index (κ3) is 3.78. The van der Waals surface area contributed by atoms with Crippen molar-refractivity contribution in [1.29, 1.82) is 0 Å². The van der Waals surface area contributed by atoms with E-state index < -0.39 is 0 Å². The SMILES string of the molecule is Cc1cc(C)c(C(=O)N2C[C@@H](CN)[C@H](c3ccccc3)C2)c(=O)[nH]1.Cl. The van der Waals surface area contributed by atoms with Gasteiger partial charge in [0.25, 0.3) is 11.5 Å². The summed E-state index contributed by atoms with van der Waals surface area (Å²) in [6, 6.07) is 12.0. The van der Waals surface area contributed by atoms with Crippen LogP contribution >= 0.6 is 12.4 Å². The zero-order valence-corrected chi connectivity index (χ0v) is 15.3. The highest BCUT2D eigenvalue weighted by molar-refractivity contribution is 5.95. The highest BCUT2D eigenvalue weighted by atomic mass is 35.5. The van der Waals surface area contributed by atoms with E-state index in [0.29, 0.717) is 25.2 Å². The Morgan fingerprint density at radius 3 is 2.52 bits per heavy atom. The predicted octanol–water partition coefficient (Wildman–Crippen LogP) is 2.23. The molecular weight excluding hydrogens is 338 g/mol. The molecule has 1 aliphatic heterocycles. The lowest BCUT2D eigenvalue weighted by molar-refractivity contribution is 0.0784. The Balaban J connectivity index is 0.00000225. The molecule has 6 heteroatoms. The summed E-state index contributed by atoms with van der Waals surface area (Å²) in [4.78, 5) is 29.6. The highest BCUT2D eigenvalue weighted by Gasteiger charge is 2.36. The van der Waals surface area contributed by atoms with Crippen molar-refractivity contribution < 1.29 is 4.79 Å². The molecule has 3 N–H and O–H groups in total. The molecule has 1 amide bonds. The van der Waals surface area contributed by atoms with Gasteiger partial charge in [0.1, 0.15) is 5.56 Å². The number of nitrogens with one attached hydrogen (secondary N) is 1. The van der Waals surface area contributed by atoms with Gasteiger partial charge in [0.15, 0.2) is 0 Å². The van der Waals surface area contributed by atoms with E-state index in [9.17, 15) is 9.59 Å². The van der Waals surface area contributed by atoms with Gasteiger partial charge < -0.3 is 15.6 Å². The molecule has 1 aliphatic rings. The molecule has 1 fully saturated rings. The van der Waals surface area contributed by atoms with Crippen molar-refractivity contribution in [2.24, 2.45) is 11.7 Å². The molecule has 0 radical (unpaired) electrons. The summed E-state index contributed by atoms with van der Waals surface area (Å²) < 4.78 is 0. The van der Waals surface area contributed by atoms with Gasteiger partial charge in [-0.15, -0.1) is 12.4 Å². The number of pyridine rings is 1. The van der Waals surface area contributed by atoms with Crippen LogP contribution in [-0.2, 0) is 0 Å². The minimum absolute atomic E-state index is 0. The molecule has 0 aliphatic carbocycles. The number of carbonyl (C=O) groups excluding carboxylic acids is 1. The Morgan fingerprint density at radius 1 is 1.24 bits per heavy atom. The van der Waals surface area contributed by atoms with Crippen LogP contribution in [0.15, 0.2) is 41.2 Å². The van der Waals surface area contributed by atoms with Crippen molar-refractivity contribution in [2.75, 3.05) is 19.6 Å². The van der Waals surface area contributed by atoms with Crippen molar-refractivity contribution in [3.05, 3.63) is 69.1 Å². The monoisotopic (exact) mass is 361 g/mol. The van der Waals surface area contributed by atoms with E-state index in [1.807, 2.05) is 31.2 Å². The number of amides is 1. The zero-order chi connectivity index (χ0) is 17.3. The van der Waals surface area contributed by atoms with Gasteiger partial charge in [-0.3, -0.25) is 9.59 Å². The van der Waals surface area contributed by atoms with Crippen molar-refractivity contribution in [3.8, 4) is 0 Å². The zero-order valence-electron chi connectivity index (χ0n) is 14.5. The first kappa shape index (κ1) is 19.2. The van der Waals surface area contributed by atoms with Gasteiger partial charge >= 0.3 is 0 Å². The Kier molecular flexibility index (Phi) is 6.03. The fourth-order valence-corrected chi connectivity index (χ4v) is 3.63. The summed E-state index contributed by atoms with van der Waals surface area (Å²) in [5.74, 6) is 0.219. The fraction of sp³-hybridized carbons (Fsp3) is 0.368. The quantitative estimate of drug-likeness (QED) is 0.879. The summed E-state index contributed by atoms with van der Waals surface area (Å²) in [7, 11) is 0. The Hall–Kier alpha value is -2.11. The van der Waals surface area contributed by atoms with Crippen molar-refractivity contribution in [2.45, 2.75) is 19.8 Å². The number of halogens is 1. The normalized spacial score (nSPS) is 19.6. The number of nitrogens with two attached hydrogens (primary N) is 1. The van der Waals surface area contributed by atoms with Crippen LogP contribution in [0.4, 0.5) is 0 Å². The van der Waals surface area contributed by atoms with Crippen LogP contribution in [0, 0.1) is 19.8 Å². The number of aryl methyl sites for hydroxylation is 2. The molecule has 1 saturated heterocycles. The minimum Gasteiger partial charge on any atom is -0.337 e. The third-order valence-electron chi connectivity index (χ3n) is 4.84. The molecule has 0 saturated carbocycles. The van der Waals surface area contributed by atoms with Gasteiger partial charge in [0.05, 0.1) is 0 Å². The van der Waals surface area contributed by atoms with Crippen molar-refractivity contribution >= 4 is 18.3 Å². The van der Waals surface area contributed by atoms with Crippen LogP contribution in [0.1, 0.15) is 33.1 Å². The number of aromatic nitrogens is 1. The van der Waals surface area contributed by atoms with Gasteiger partial charge in [-0.2, -0.15) is 0 Å². The second-order valence-electron chi connectivity index (χ2n) is 6.56. The number of H-pyrrole nitrogens is 1. The molecule has 25 heavy (non-hydrogen) atoms. The lowest BCUT2D eigenvalue weighted by Crippen LogP contribution is -2.34. The van der Waals surface area contributed by atoms with Crippen LogP contribution in [0.25, 0.3) is 0 Å². The fourth-order valence-electron chi connectivity index (χ4n) is 3.63. The van der Waals surface area contributed by atoms with Gasteiger partial charge in [-0.1, -0.05) is 30.3 Å². The van der Waals surface area contributed by atoms with Gasteiger partial charge in [-0.25, -0.2) is 0 Å². The number of rotatable bonds is 3. The average molecular weight is 362 g/mol. The topological polar surface area (TPSA) is 79.2 Å². The molecule has 134 valence electrons. The number of carbonyl (C=O) groups is 1. The Morgan fingerprint density at radius 2 is 1.92 bits per heavy atom. The van der Waals surface area contributed by atoms with Crippen LogP contribution in [0.2, 0.25) is 0 Å². The number of nitrogens with zero attached hydrogens (tertiary/aromatic N) is 1. The molecule has 2 heterocycles. The summed E-state index contributed by atoms with van der Waals surface area (Å²) in [5, 5.41) is 0. The van der Waals surface area contributed by atoms with E-state index in [4.69, 9.17) is 5.73 Å². The molecular formula is C19H24ClN3O2. The van der Waals surface area contributed by atoms with Crippen molar-refractivity contribution in [3.63, 3.8) is 0 Å². The number of hydrogen-bond acceptors (Lipinski definition) is 3. The van der Waals surface area contributed by atoms with Gasteiger partial charge in [0, 0.05) is 24.7 Å². The van der Waals surface area contributed by atoms with Crippen LogP contribution in [-0.4, -0.2) is 35.4 Å². The highest BCUT2D eigenvalue weighted by Crippen LogP contribution is 2.32. The number of hydrogen-bond donors (Lipinski definition) is 2. The van der Waals surface area contributed by atoms with Crippen LogP contribution in [0.3, 0.4) is 0 Å². The average Bonchev–Trinajstić information content (AvgIpc) is 2.99. The molecule has 0 spiro atoms. The third-order valence-corrected chi connectivity index (χ3v) is 4.84. The maximum atomic E-state index is 12.9. The maximum absolute atomic E-state index is 12.9. The van der Waals surface area contributed by atoms with E-state index in [2.05, 4.69) is 17.1 Å². The lowest BCUT2D eigenvalue weighted by Gasteiger charge is -2.17. The Bertz CT molecular complexity index is 804. The second-order valence-corrected chi connectivity index (χ2v) is 6.56. The number of benzene rings is 1. The first-order valence-corrected chi connectivity index (χ1v) is 8.26. The van der Waals surface area contributed by atoms with E-state index in [1.165, 1.54) is 5.56 Å². The molecule has 1 aromatic carbocycles. The molecule has 3 rings (SSSR count).